The molecule has 0 saturated heterocycles. The van der Waals surface area contributed by atoms with Crippen LogP contribution in [0, 0.1) is 5.41 Å². The summed E-state index contributed by atoms with van der Waals surface area (Å²) in [6, 6.07) is 4.88. The number of hydrogen-bond acceptors (Lipinski definition) is 5. The number of fused-ring (bicyclic) bond motifs is 1. The molecule has 0 aliphatic carbocycles. The summed E-state index contributed by atoms with van der Waals surface area (Å²) in [5, 5.41) is -0.225. The summed E-state index contributed by atoms with van der Waals surface area (Å²) in [4.78, 5) is 4.01. The Morgan fingerprint density at radius 1 is 1.32 bits per heavy atom. The van der Waals surface area contributed by atoms with E-state index in [1.807, 2.05) is 20.8 Å². The first kappa shape index (κ1) is 13.9. The lowest BCUT2D eigenvalue weighted by Crippen LogP contribution is -2.15. The van der Waals surface area contributed by atoms with Gasteiger partial charge in [-0.05, 0) is 30.0 Å². The van der Waals surface area contributed by atoms with Crippen LogP contribution in [0.25, 0.3) is 11.1 Å². The van der Waals surface area contributed by atoms with Gasteiger partial charge in [-0.25, -0.2) is 8.42 Å². The number of benzene rings is 1. The molecule has 0 spiro atoms. The Morgan fingerprint density at radius 3 is 2.63 bits per heavy atom. The van der Waals surface area contributed by atoms with Crippen molar-refractivity contribution in [2.24, 2.45) is 5.41 Å². The Labute approximate surface area is 112 Å². The predicted molar refractivity (Wildman–Crippen MR) is 74.5 cm³/mol. The zero-order valence-corrected chi connectivity index (χ0v) is 12.1. The largest absolute Gasteiger partial charge is 0.428 e. The second-order valence-electron chi connectivity index (χ2n) is 5.84. The maximum absolute atomic E-state index is 12.1. The van der Waals surface area contributed by atoms with Crippen LogP contribution in [-0.2, 0) is 9.84 Å². The Bertz CT molecular complexity index is 696. The minimum absolute atomic E-state index is 0.0266. The number of nitrogens with zero attached hydrogens (tertiary/aromatic N) is 1. The van der Waals surface area contributed by atoms with Gasteiger partial charge in [0.2, 0.25) is 9.84 Å². The van der Waals surface area contributed by atoms with Gasteiger partial charge in [0.15, 0.2) is 5.58 Å². The molecule has 104 valence electrons. The number of hydrogen-bond donors (Lipinski definition) is 1. The van der Waals surface area contributed by atoms with Crippen molar-refractivity contribution < 1.29 is 12.8 Å². The number of oxazole rings is 1. The van der Waals surface area contributed by atoms with E-state index in [0.29, 0.717) is 23.2 Å². The summed E-state index contributed by atoms with van der Waals surface area (Å²) in [7, 11) is -3.49. The van der Waals surface area contributed by atoms with Crippen LogP contribution in [0.15, 0.2) is 27.8 Å². The fourth-order valence-corrected chi connectivity index (χ4v) is 3.09. The molecule has 19 heavy (non-hydrogen) atoms. The Kier molecular flexibility index (Phi) is 3.30. The van der Waals surface area contributed by atoms with Gasteiger partial charge in [0, 0.05) is 5.69 Å². The van der Waals surface area contributed by atoms with Crippen molar-refractivity contribution in [3.63, 3.8) is 0 Å². The number of anilines is 1. The molecule has 1 aromatic carbocycles. The molecule has 0 atom stereocenters. The van der Waals surface area contributed by atoms with Crippen LogP contribution >= 0.6 is 0 Å². The van der Waals surface area contributed by atoms with Gasteiger partial charge >= 0.3 is 5.22 Å². The first-order valence-electron chi connectivity index (χ1n) is 6.06. The number of sulfone groups is 1. The lowest BCUT2D eigenvalue weighted by molar-refractivity contribution is 0.392. The number of nitrogen functional groups attached to an aromatic ring is 1. The molecule has 5 nitrogen and oxygen atoms in total. The molecule has 1 heterocycles. The lowest BCUT2D eigenvalue weighted by atomic mass is 9.94. The zero-order valence-electron chi connectivity index (χ0n) is 11.3. The average molecular weight is 282 g/mol. The van der Waals surface area contributed by atoms with Crippen molar-refractivity contribution in [1.82, 2.24) is 4.98 Å². The highest BCUT2D eigenvalue weighted by molar-refractivity contribution is 7.91. The van der Waals surface area contributed by atoms with Crippen LogP contribution in [-0.4, -0.2) is 19.2 Å². The van der Waals surface area contributed by atoms with Gasteiger partial charge in [0.05, 0.1) is 5.75 Å². The normalized spacial score (nSPS) is 13.0. The van der Waals surface area contributed by atoms with E-state index in [1.54, 1.807) is 18.2 Å². The Morgan fingerprint density at radius 2 is 2.00 bits per heavy atom. The molecule has 0 fully saturated rings. The average Bonchev–Trinajstić information content (AvgIpc) is 2.69. The van der Waals surface area contributed by atoms with Gasteiger partial charge in [-0.2, -0.15) is 4.98 Å². The molecule has 6 heteroatoms. The van der Waals surface area contributed by atoms with E-state index in [2.05, 4.69) is 4.98 Å². The Hall–Kier alpha value is -1.56. The fraction of sp³-hybridized carbons (Fsp3) is 0.462. The topological polar surface area (TPSA) is 86.2 Å². The van der Waals surface area contributed by atoms with Crippen molar-refractivity contribution in [2.45, 2.75) is 32.4 Å². The Balaban J connectivity index is 2.33. The molecule has 2 aromatic rings. The first-order valence-corrected chi connectivity index (χ1v) is 7.71. The van der Waals surface area contributed by atoms with E-state index in [9.17, 15) is 8.42 Å². The number of rotatable bonds is 3. The van der Waals surface area contributed by atoms with Crippen LogP contribution in [0.1, 0.15) is 27.2 Å². The standard InChI is InChI=1S/C13H18N2O3S/c1-13(2,3)6-7-19(16,17)12-15-10-8-9(14)4-5-11(10)18-12/h4-5,8H,6-7,14H2,1-3H3. The van der Waals surface area contributed by atoms with E-state index >= 15 is 0 Å². The van der Waals surface area contributed by atoms with Crippen LogP contribution in [0.5, 0.6) is 0 Å². The smallest absolute Gasteiger partial charge is 0.316 e. The highest BCUT2D eigenvalue weighted by Gasteiger charge is 2.24. The van der Waals surface area contributed by atoms with Crippen molar-refractivity contribution in [2.75, 3.05) is 11.5 Å². The van der Waals surface area contributed by atoms with E-state index in [-0.39, 0.29) is 16.4 Å². The summed E-state index contributed by atoms with van der Waals surface area (Å²) >= 11 is 0. The van der Waals surface area contributed by atoms with E-state index < -0.39 is 9.84 Å². The molecule has 2 N–H and O–H groups in total. The van der Waals surface area contributed by atoms with Crippen molar-refractivity contribution >= 4 is 26.6 Å². The molecule has 0 amide bonds. The SMILES string of the molecule is CC(C)(C)CCS(=O)(=O)c1nc2cc(N)ccc2o1. The monoisotopic (exact) mass is 282 g/mol. The van der Waals surface area contributed by atoms with Crippen LogP contribution < -0.4 is 5.73 Å². The molecule has 0 unspecified atom stereocenters. The van der Waals surface area contributed by atoms with Crippen molar-refractivity contribution in [3.05, 3.63) is 18.2 Å². The minimum atomic E-state index is -3.49. The van der Waals surface area contributed by atoms with Gasteiger partial charge in [-0.1, -0.05) is 20.8 Å². The van der Waals surface area contributed by atoms with Gasteiger partial charge in [0.1, 0.15) is 5.52 Å². The van der Waals surface area contributed by atoms with Crippen LogP contribution in [0.2, 0.25) is 0 Å². The zero-order chi connectivity index (χ0) is 14.3. The minimum Gasteiger partial charge on any atom is -0.428 e. The van der Waals surface area contributed by atoms with Crippen molar-refractivity contribution in [1.29, 1.82) is 0 Å². The quantitative estimate of drug-likeness (QED) is 0.874. The van der Waals surface area contributed by atoms with Gasteiger partial charge in [-0.3, -0.25) is 0 Å². The number of nitrogens with two attached hydrogens (primary N) is 1. The third-order valence-corrected chi connectivity index (χ3v) is 4.23. The van der Waals surface area contributed by atoms with E-state index in [1.165, 1.54) is 0 Å². The number of aromatic nitrogens is 1. The molecule has 0 aliphatic heterocycles. The summed E-state index contributed by atoms with van der Waals surface area (Å²) in [6.45, 7) is 5.99. The third-order valence-electron chi connectivity index (χ3n) is 2.78. The molecule has 0 radical (unpaired) electrons. The van der Waals surface area contributed by atoms with Gasteiger partial charge in [-0.15, -0.1) is 0 Å². The molecule has 2 rings (SSSR count). The second-order valence-corrected chi connectivity index (χ2v) is 7.82. The van der Waals surface area contributed by atoms with Gasteiger partial charge in [0.25, 0.3) is 0 Å². The summed E-state index contributed by atoms with van der Waals surface area (Å²) in [5.74, 6) is 0.0266. The second kappa shape index (κ2) is 4.52. The molecule has 0 aliphatic rings. The molecule has 1 aromatic heterocycles. The van der Waals surface area contributed by atoms with Crippen LogP contribution in [0.3, 0.4) is 0 Å². The molecule has 0 bridgehead atoms. The fourth-order valence-electron chi connectivity index (χ4n) is 1.58. The third kappa shape index (κ3) is 3.26. The molecular weight excluding hydrogens is 264 g/mol. The highest BCUT2D eigenvalue weighted by atomic mass is 32.2. The summed E-state index contributed by atoms with van der Waals surface area (Å²) in [6.07, 6.45) is 0.552. The lowest BCUT2D eigenvalue weighted by Gasteiger charge is -2.16. The predicted octanol–water partition coefficient (Wildman–Crippen LogP) is 2.62. The maximum atomic E-state index is 12.1. The summed E-state index contributed by atoms with van der Waals surface area (Å²) in [5.41, 5.74) is 7.00. The van der Waals surface area contributed by atoms with E-state index in [0.717, 1.165) is 0 Å². The highest BCUT2D eigenvalue weighted by Crippen LogP contribution is 2.25. The van der Waals surface area contributed by atoms with Gasteiger partial charge < -0.3 is 10.2 Å². The molecule has 0 saturated carbocycles. The first-order chi connectivity index (χ1) is 8.67. The molecular formula is C13H18N2O3S. The van der Waals surface area contributed by atoms with E-state index in [4.69, 9.17) is 10.2 Å². The van der Waals surface area contributed by atoms with Crippen LogP contribution in [0.4, 0.5) is 5.69 Å². The maximum Gasteiger partial charge on any atom is 0.316 e. The van der Waals surface area contributed by atoms with Crippen molar-refractivity contribution in [3.8, 4) is 0 Å². The summed E-state index contributed by atoms with van der Waals surface area (Å²) < 4.78 is 29.6.